The Morgan fingerprint density at radius 2 is 1.39 bits per heavy atom. The van der Waals surface area contributed by atoms with Crippen LogP contribution in [0, 0.1) is 0 Å². The summed E-state index contributed by atoms with van der Waals surface area (Å²) in [6.07, 6.45) is 15.8. The molecule has 4 rings (SSSR count). The molecule has 1 aromatic heterocycles. The Bertz CT molecular complexity index is 1360. The van der Waals surface area contributed by atoms with E-state index in [4.69, 9.17) is 14.2 Å². The molecule has 0 atom stereocenters. The van der Waals surface area contributed by atoms with E-state index >= 15 is 0 Å². The Hall–Kier alpha value is -4.39. The summed E-state index contributed by atoms with van der Waals surface area (Å²) in [4.78, 5) is 12.6. The molecule has 0 radical (unpaired) electrons. The van der Waals surface area contributed by atoms with Crippen LogP contribution in [0.3, 0.4) is 0 Å². The summed E-state index contributed by atoms with van der Waals surface area (Å²) in [5.74, 6) is 1.65. The number of hydrogen-bond donors (Lipinski definition) is 0. The molecule has 0 aliphatic carbocycles. The number of rotatable bonds is 16. The Kier molecular flexibility index (Phi) is 11.6. The molecule has 0 bridgehead atoms. The van der Waals surface area contributed by atoms with Gasteiger partial charge in [-0.2, -0.15) is 0 Å². The van der Waals surface area contributed by atoms with Gasteiger partial charge in [0.1, 0.15) is 22.9 Å². The third-order valence-electron chi connectivity index (χ3n) is 6.74. The van der Waals surface area contributed by atoms with Crippen molar-refractivity contribution in [1.82, 2.24) is 15.0 Å². The van der Waals surface area contributed by atoms with Crippen molar-refractivity contribution < 1.29 is 19.0 Å². The maximum Gasteiger partial charge on any atom is 0.343 e. The van der Waals surface area contributed by atoms with Crippen LogP contribution < -0.4 is 14.2 Å². The summed E-state index contributed by atoms with van der Waals surface area (Å²) in [5.41, 5.74) is 3.01. The first kappa shape index (κ1) is 29.6. The Labute approximate surface area is 242 Å². The van der Waals surface area contributed by atoms with Crippen LogP contribution in [0.4, 0.5) is 0 Å². The molecule has 41 heavy (non-hydrogen) atoms. The van der Waals surface area contributed by atoms with Crippen molar-refractivity contribution in [3.05, 3.63) is 95.8 Å². The van der Waals surface area contributed by atoms with E-state index in [0.29, 0.717) is 17.9 Å². The Morgan fingerprint density at radius 3 is 2.07 bits per heavy atom. The van der Waals surface area contributed by atoms with Gasteiger partial charge in [-0.1, -0.05) is 75.3 Å². The third-order valence-corrected chi connectivity index (χ3v) is 6.74. The second-order valence-electron chi connectivity index (χ2n) is 9.93. The van der Waals surface area contributed by atoms with E-state index in [1.54, 1.807) is 36.1 Å². The highest BCUT2D eigenvalue weighted by Gasteiger charge is 2.09. The molecular weight excluding hydrogens is 514 g/mol. The van der Waals surface area contributed by atoms with Gasteiger partial charge < -0.3 is 14.2 Å². The van der Waals surface area contributed by atoms with Crippen LogP contribution in [-0.4, -0.2) is 34.7 Å². The molecule has 0 aliphatic rings. The third kappa shape index (κ3) is 9.64. The lowest BCUT2D eigenvalue weighted by Crippen LogP contribution is -2.08. The van der Waals surface area contributed by atoms with Gasteiger partial charge in [0.15, 0.2) is 0 Å². The fraction of sp³-hybridized carbons (Fsp3) is 0.324. The molecule has 1 heterocycles. The average molecular weight is 554 g/mol. The summed E-state index contributed by atoms with van der Waals surface area (Å²) < 4.78 is 18.3. The molecule has 214 valence electrons. The highest BCUT2D eigenvalue weighted by Crippen LogP contribution is 2.20. The van der Waals surface area contributed by atoms with Crippen LogP contribution in [0.15, 0.2) is 79.0 Å². The number of aromatic nitrogens is 3. The minimum absolute atomic E-state index is 0.407. The molecule has 0 amide bonds. The zero-order valence-corrected chi connectivity index (χ0v) is 24.0. The van der Waals surface area contributed by atoms with Gasteiger partial charge in [-0.05, 0) is 78.7 Å². The fourth-order valence-electron chi connectivity index (χ4n) is 4.32. The zero-order chi connectivity index (χ0) is 28.7. The van der Waals surface area contributed by atoms with Gasteiger partial charge in [0.2, 0.25) is 0 Å². The molecule has 0 aliphatic heterocycles. The van der Waals surface area contributed by atoms with Gasteiger partial charge in [0.25, 0.3) is 0 Å². The van der Waals surface area contributed by atoms with E-state index in [1.807, 2.05) is 66.9 Å². The van der Waals surface area contributed by atoms with Crippen molar-refractivity contribution in [2.75, 3.05) is 13.7 Å². The highest BCUT2D eigenvalue weighted by molar-refractivity contribution is 5.91. The van der Waals surface area contributed by atoms with Gasteiger partial charge in [0.05, 0.1) is 31.2 Å². The molecule has 4 aromatic rings. The predicted molar refractivity (Wildman–Crippen MR) is 163 cm³/mol. The normalized spacial score (nSPS) is 11.1. The smallest absolute Gasteiger partial charge is 0.343 e. The summed E-state index contributed by atoms with van der Waals surface area (Å²) in [6.45, 7) is 2.95. The number of benzene rings is 3. The van der Waals surface area contributed by atoms with E-state index < -0.39 is 5.97 Å². The Balaban J connectivity index is 1.19. The van der Waals surface area contributed by atoms with E-state index in [0.717, 1.165) is 34.9 Å². The van der Waals surface area contributed by atoms with Crippen molar-refractivity contribution in [3.63, 3.8) is 0 Å². The molecule has 0 unspecified atom stereocenters. The summed E-state index contributed by atoms with van der Waals surface area (Å²) in [5, 5.41) is 8.38. The lowest BCUT2D eigenvalue weighted by atomic mass is 10.1. The molecule has 0 saturated heterocycles. The van der Waals surface area contributed by atoms with Gasteiger partial charge in [-0.25, -0.2) is 9.48 Å². The number of hydrogen-bond acceptors (Lipinski definition) is 6. The minimum Gasteiger partial charge on any atom is -0.497 e. The van der Waals surface area contributed by atoms with Gasteiger partial charge in [-0.15, -0.1) is 5.10 Å². The monoisotopic (exact) mass is 553 g/mol. The summed E-state index contributed by atoms with van der Waals surface area (Å²) in [7, 11) is 1.64. The average Bonchev–Trinajstić information content (AvgIpc) is 3.49. The quantitative estimate of drug-likeness (QED) is 0.0791. The van der Waals surface area contributed by atoms with Crippen molar-refractivity contribution in [2.45, 2.75) is 58.3 Å². The molecule has 0 fully saturated rings. The number of nitrogens with zero attached hydrogens (tertiary/aromatic N) is 3. The lowest BCUT2D eigenvalue weighted by molar-refractivity contribution is 0.0734. The number of ether oxygens (including phenoxy) is 3. The van der Waals surface area contributed by atoms with Crippen LogP contribution in [0.1, 0.15) is 79.9 Å². The molecule has 0 N–H and O–H groups in total. The van der Waals surface area contributed by atoms with Gasteiger partial charge in [0, 0.05) is 0 Å². The number of methoxy groups -OCH3 is 1. The van der Waals surface area contributed by atoms with Gasteiger partial charge in [-0.3, -0.25) is 0 Å². The van der Waals surface area contributed by atoms with Crippen molar-refractivity contribution in [1.29, 1.82) is 0 Å². The van der Waals surface area contributed by atoms with Crippen molar-refractivity contribution in [3.8, 4) is 22.9 Å². The largest absolute Gasteiger partial charge is 0.497 e. The van der Waals surface area contributed by atoms with Crippen LogP contribution in [0.5, 0.6) is 17.2 Å². The lowest BCUT2D eigenvalue weighted by Gasteiger charge is -2.08. The second kappa shape index (κ2) is 16.0. The van der Waals surface area contributed by atoms with E-state index in [9.17, 15) is 4.79 Å². The first-order valence-electron chi connectivity index (χ1n) is 14.4. The van der Waals surface area contributed by atoms with Crippen LogP contribution >= 0.6 is 0 Å². The molecule has 7 nitrogen and oxygen atoms in total. The topological polar surface area (TPSA) is 75.5 Å². The maximum absolute atomic E-state index is 12.6. The number of carbonyl (C=O) groups excluding carboxylic acids is 1. The van der Waals surface area contributed by atoms with E-state index in [2.05, 4.69) is 17.2 Å². The standard InChI is InChI=1S/C34H39N3O4/c1-3-4-5-6-7-8-9-10-25-40-32-21-23-33(24-22-32)41-34(38)28-14-11-27(12-15-28)13-16-29-26-37(36-35-29)30-17-19-31(39-2)20-18-30/h11-24,26H,3-10,25H2,1-2H3/b16-13+. The molecule has 0 saturated carbocycles. The van der Waals surface area contributed by atoms with Crippen molar-refractivity contribution in [2.24, 2.45) is 0 Å². The summed E-state index contributed by atoms with van der Waals surface area (Å²) >= 11 is 0. The zero-order valence-electron chi connectivity index (χ0n) is 24.0. The number of carbonyl (C=O) groups is 1. The molecule has 0 spiro atoms. The van der Waals surface area contributed by atoms with Crippen LogP contribution in [-0.2, 0) is 0 Å². The first-order chi connectivity index (χ1) is 20.1. The number of esters is 1. The van der Waals surface area contributed by atoms with Crippen LogP contribution in [0.25, 0.3) is 17.8 Å². The SMILES string of the molecule is CCCCCCCCCCOc1ccc(OC(=O)c2ccc(/C=C/c3cn(-c4ccc(OC)cc4)nn3)cc2)cc1. The highest BCUT2D eigenvalue weighted by atomic mass is 16.5. The van der Waals surface area contributed by atoms with Crippen molar-refractivity contribution >= 4 is 18.1 Å². The molecular formula is C34H39N3O4. The predicted octanol–water partition coefficient (Wildman–Crippen LogP) is 8.19. The Morgan fingerprint density at radius 1 is 0.756 bits per heavy atom. The first-order valence-corrected chi connectivity index (χ1v) is 14.4. The van der Waals surface area contributed by atoms with E-state index in [1.165, 1.54) is 44.9 Å². The van der Waals surface area contributed by atoms with E-state index in [-0.39, 0.29) is 0 Å². The second-order valence-corrected chi connectivity index (χ2v) is 9.93. The van der Waals surface area contributed by atoms with Gasteiger partial charge >= 0.3 is 5.97 Å². The maximum atomic E-state index is 12.6. The molecule has 7 heteroatoms. The molecule has 3 aromatic carbocycles. The summed E-state index contributed by atoms with van der Waals surface area (Å²) in [6, 6.07) is 22.0. The van der Waals surface area contributed by atoms with Crippen LogP contribution in [0.2, 0.25) is 0 Å². The minimum atomic E-state index is -0.407. The number of unbranched alkanes of at least 4 members (excludes halogenated alkanes) is 7. The fourth-order valence-corrected chi connectivity index (χ4v) is 4.32.